The van der Waals surface area contributed by atoms with E-state index >= 15 is 0 Å². The highest BCUT2D eigenvalue weighted by atomic mass is 35.5. The zero-order valence-corrected chi connectivity index (χ0v) is 13.5. The number of nitrogens with zero attached hydrogens (tertiary/aromatic N) is 1. The highest BCUT2D eigenvalue weighted by Gasteiger charge is 2.30. The summed E-state index contributed by atoms with van der Waals surface area (Å²) in [7, 11) is 0. The number of carbonyl (C=O) groups is 1. The Labute approximate surface area is 131 Å². The molecule has 0 spiro atoms. The van der Waals surface area contributed by atoms with E-state index < -0.39 is 0 Å². The van der Waals surface area contributed by atoms with Crippen molar-refractivity contribution in [2.45, 2.75) is 39.2 Å². The number of amides is 2. The predicted octanol–water partition coefficient (Wildman–Crippen LogP) is 3.63. The van der Waals surface area contributed by atoms with Gasteiger partial charge in [0.15, 0.2) is 0 Å². The van der Waals surface area contributed by atoms with Gasteiger partial charge in [0.2, 0.25) is 0 Å². The second kappa shape index (κ2) is 7.14. The van der Waals surface area contributed by atoms with Gasteiger partial charge in [0, 0.05) is 29.8 Å². The van der Waals surface area contributed by atoms with Crippen LogP contribution in [0.25, 0.3) is 0 Å². The molecule has 1 aliphatic heterocycles. The van der Waals surface area contributed by atoms with Crippen LogP contribution < -0.4 is 11.1 Å². The van der Waals surface area contributed by atoms with Crippen molar-refractivity contribution in [3.63, 3.8) is 0 Å². The normalized spacial score (nSPS) is 22.2. The molecule has 2 unspecified atom stereocenters. The van der Waals surface area contributed by atoms with E-state index in [4.69, 9.17) is 17.3 Å². The van der Waals surface area contributed by atoms with Crippen LogP contribution in [-0.4, -0.2) is 30.1 Å². The molecule has 116 valence electrons. The molecule has 1 aliphatic rings. The predicted molar refractivity (Wildman–Crippen MR) is 87.8 cm³/mol. The third-order valence-corrected chi connectivity index (χ3v) is 4.77. The van der Waals surface area contributed by atoms with Crippen molar-refractivity contribution >= 4 is 23.3 Å². The van der Waals surface area contributed by atoms with Crippen LogP contribution in [0.1, 0.15) is 31.7 Å². The summed E-state index contributed by atoms with van der Waals surface area (Å²) in [6, 6.07) is 5.60. The molecule has 0 aliphatic carbocycles. The Balaban J connectivity index is 2.03. The maximum absolute atomic E-state index is 12.4. The third kappa shape index (κ3) is 3.89. The van der Waals surface area contributed by atoms with Gasteiger partial charge in [0.25, 0.3) is 0 Å². The van der Waals surface area contributed by atoms with Crippen LogP contribution >= 0.6 is 11.6 Å². The highest BCUT2D eigenvalue weighted by molar-refractivity contribution is 6.31. The van der Waals surface area contributed by atoms with Crippen LogP contribution in [0.2, 0.25) is 5.02 Å². The van der Waals surface area contributed by atoms with Crippen molar-refractivity contribution in [1.82, 2.24) is 4.90 Å². The van der Waals surface area contributed by atoms with Gasteiger partial charge in [0.05, 0.1) is 0 Å². The molecule has 0 radical (unpaired) electrons. The van der Waals surface area contributed by atoms with E-state index in [9.17, 15) is 4.79 Å². The quantitative estimate of drug-likeness (QED) is 0.895. The van der Waals surface area contributed by atoms with Crippen LogP contribution in [0, 0.1) is 12.8 Å². The molecule has 1 fully saturated rings. The average molecular weight is 310 g/mol. The third-order valence-electron chi connectivity index (χ3n) is 4.36. The van der Waals surface area contributed by atoms with Gasteiger partial charge in [0.1, 0.15) is 0 Å². The molecule has 1 aromatic carbocycles. The summed E-state index contributed by atoms with van der Waals surface area (Å²) in [5.74, 6) is 0.677. The fourth-order valence-electron chi connectivity index (χ4n) is 2.86. The van der Waals surface area contributed by atoms with Crippen molar-refractivity contribution < 1.29 is 4.79 Å². The summed E-state index contributed by atoms with van der Waals surface area (Å²) in [4.78, 5) is 14.3. The maximum Gasteiger partial charge on any atom is 0.322 e. The van der Waals surface area contributed by atoms with E-state index in [0.717, 1.165) is 37.1 Å². The van der Waals surface area contributed by atoms with E-state index in [1.165, 1.54) is 0 Å². The number of nitrogens with two attached hydrogens (primary N) is 1. The molecule has 21 heavy (non-hydrogen) atoms. The zero-order valence-electron chi connectivity index (χ0n) is 12.7. The molecule has 3 N–H and O–H groups in total. The Morgan fingerprint density at radius 2 is 2.29 bits per heavy atom. The summed E-state index contributed by atoms with van der Waals surface area (Å²) in [5.41, 5.74) is 7.57. The molecular weight excluding hydrogens is 286 g/mol. The number of carbonyl (C=O) groups excluding carboxylic acids is 1. The standard InChI is InChI=1S/C16H24ClN3O/c1-3-12-6-7-20(14(8-12)10-18)16(21)19-13-5-4-11(2)15(17)9-13/h4-5,9,12,14H,3,6-8,10,18H2,1-2H3,(H,19,21). The van der Waals surface area contributed by atoms with Gasteiger partial charge in [-0.15, -0.1) is 0 Å². The average Bonchev–Trinajstić information content (AvgIpc) is 2.50. The smallest absolute Gasteiger partial charge is 0.322 e. The van der Waals surface area contributed by atoms with Gasteiger partial charge in [-0.1, -0.05) is 31.0 Å². The lowest BCUT2D eigenvalue weighted by molar-refractivity contribution is 0.138. The summed E-state index contributed by atoms with van der Waals surface area (Å²) in [5, 5.41) is 3.58. The minimum absolute atomic E-state index is 0.0834. The van der Waals surface area contributed by atoms with Crippen LogP contribution in [-0.2, 0) is 0 Å². The first kappa shape index (κ1) is 16.1. The molecule has 2 rings (SSSR count). The Kier molecular flexibility index (Phi) is 5.48. The second-order valence-electron chi connectivity index (χ2n) is 5.78. The summed E-state index contributed by atoms with van der Waals surface area (Å²) in [6.07, 6.45) is 3.20. The Bertz CT molecular complexity index is 506. The molecule has 2 atom stereocenters. The molecule has 0 bridgehead atoms. The van der Waals surface area contributed by atoms with Gasteiger partial charge < -0.3 is 16.0 Å². The lowest BCUT2D eigenvalue weighted by Gasteiger charge is -2.38. The summed E-state index contributed by atoms with van der Waals surface area (Å²) < 4.78 is 0. The highest BCUT2D eigenvalue weighted by Crippen LogP contribution is 2.26. The minimum atomic E-state index is -0.0834. The maximum atomic E-state index is 12.4. The minimum Gasteiger partial charge on any atom is -0.328 e. The van der Waals surface area contributed by atoms with Crippen LogP contribution in [0.5, 0.6) is 0 Å². The van der Waals surface area contributed by atoms with Crippen molar-refractivity contribution in [2.24, 2.45) is 11.7 Å². The number of hydrogen-bond acceptors (Lipinski definition) is 2. The molecule has 0 saturated carbocycles. The van der Waals surface area contributed by atoms with Crippen molar-refractivity contribution in [1.29, 1.82) is 0 Å². The number of anilines is 1. The number of halogens is 1. The first-order chi connectivity index (χ1) is 10.0. The van der Waals surface area contributed by atoms with Crippen molar-refractivity contribution in [3.05, 3.63) is 28.8 Å². The molecule has 0 aromatic heterocycles. The molecule has 4 nitrogen and oxygen atoms in total. The Morgan fingerprint density at radius 1 is 1.52 bits per heavy atom. The largest absolute Gasteiger partial charge is 0.328 e. The number of aryl methyl sites for hydroxylation is 1. The topological polar surface area (TPSA) is 58.4 Å². The van der Waals surface area contributed by atoms with E-state index in [-0.39, 0.29) is 12.1 Å². The van der Waals surface area contributed by atoms with Gasteiger partial charge in [-0.05, 0) is 43.4 Å². The number of rotatable bonds is 3. The number of benzene rings is 1. The second-order valence-corrected chi connectivity index (χ2v) is 6.18. The lowest BCUT2D eigenvalue weighted by atomic mass is 9.89. The van der Waals surface area contributed by atoms with E-state index in [1.807, 2.05) is 24.0 Å². The first-order valence-electron chi connectivity index (χ1n) is 7.59. The van der Waals surface area contributed by atoms with E-state index in [0.29, 0.717) is 17.5 Å². The Hall–Kier alpha value is -1.26. The SMILES string of the molecule is CCC1CCN(C(=O)Nc2ccc(C)c(Cl)c2)C(CN)C1. The Morgan fingerprint density at radius 3 is 2.90 bits per heavy atom. The molecule has 1 heterocycles. The fraction of sp³-hybridized carbons (Fsp3) is 0.562. The molecule has 1 saturated heterocycles. The fourth-order valence-corrected chi connectivity index (χ4v) is 3.04. The molecule has 2 amide bonds. The van der Waals surface area contributed by atoms with E-state index in [1.54, 1.807) is 6.07 Å². The number of urea groups is 1. The number of hydrogen-bond donors (Lipinski definition) is 2. The van der Waals surface area contributed by atoms with Gasteiger partial charge in [-0.3, -0.25) is 0 Å². The van der Waals surface area contributed by atoms with Crippen molar-refractivity contribution in [3.8, 4) is 0 Å². The summed E-state index contributed by atoms with van der Waals surface area (Å²) in [6.45, 7) is 5.42. The van der Waals surface area contributed by atoms with Gasteiger partial charge in [-0.2, -0.15) is 0 Å². The van der Waals surface area contributed by atoms with Gasteiger partial charge in [-0.25, -0.2) is 4.79 Å². The molecular formula is C16H24ClN3O. The first-order valence-corrected chi connectivity index (χ1v) is 7.96. The van der Waals surface area contributed by atoms with Crippen LogP contribution in [0.4, 0.5) is 10.5 Å². The lowest BCUT2D eigenvalue weighted by Crippen LogP contribution is -2.51. The van der Waals surface area contributed by atoms with Gasteiger partial charge >= 0.3 is 6.03 Å². The zero-order chi connectivity index (χ0) is 15.4. The molecule has 1 aromatic rings. The van der Waals surface area contributed by atoms with Crippen LogP contribution in [0.15, 0.2) is 18.2 Å². The summed E-state index contributed by atoms with van der Waals surface area (Å²) >= 11 is 6.09. The number of nitrogens with one attached hydrogen (secondary N) is 1. The monoisotopic (exact) mass is 309 g/mol. The molecule has 5 heteroatoms. The van der Waals surface area contributed by atoms with E-state index in [2.05, 4.69) is 12.2 Å². The number of piperidine rings is 1. The number of likely N-dealkylation sites (tertiary alicyclic amines) is 1. The van der Waals surface area contributed by atoms with Crippen LogP contribution in [0.3, 0.4) is 0 Å². The van der Waals surface area contributed by atoms with Crippen molar-refractivity contribution in [2.75, 3.05) is 18.4 Å².